The molecule has 0 aliphatic rings. The van der Waals surface area contributed by atoms with Crippen LogP contribution in [0.15, 0.2) is 77.3 Å². The first-order valence-electron chi connectivity index (χ1n) is 9.28. The van der Waals surface area contributed by atoms with E-state index in [0.717, 1.165) is 21.3 Å². The number of nitrogens with one attached hydrogen (secondary N) is 1. The SMILES string of the molecule is Cc1ccc(OCCn2c(=N)n(Cc3ccc(Br)cc3)c3ccccc32)cc1. The molecule has 28 heavy (non-hydrogen) atoms. The number of rotatable bonds is 6. The summed E-state index contributed by atoms with van der Waals surface area (Å²) in [5.41, 5.74) is 4.98. The summed E-state index contributed by atoms with van der Waals surface area (Å²) in [4.78, 5) is 0. The van der Waals surface area contributed by atoms with Crippen LogP contribution in [-0.2, 0) is 13.1 Å². The molecule has 0 radical (unpaired) electrons. The van der Waals surface area contributed by atoms with Crippen LogP contribution in [-0.4, -0.2) is 15.7 Å². The van der Waals surface area contributed by atoms with Crippen LogP contribution in [0.1, 0.15) is 11.1 Å². The third-order valence-electron chi connectivity index (χ3n) is 4.83. The monoisotopic (exact) mass is 435 g/mol. The van der Waals surface area contributed by atoms with Gasteiger partial charge in [0.25, 0.3) is 0 Å². The summed E-state index contributed by atoms with van der Waals surface area (Å²) >= 11 is 3.48. The van der Waals surface area contributed by atoms with Gasteiger partial charge < -0.3 is 13.9 Å². The predicted octanol–water partition coefficient (Wildman–Crippen LogP) is 5.12. The molecule has 142 valence electrons. The maximum atomic E-state index is 8.74. The molecular formula is C23H22BrN3O. The number of hydrogen-bond donors (Lipinski definition) is 1. The molecule has 4 aromatic rings. The van der Waals surface area contributed by atoms with E-state index >= 15 is 0 Å². The number of fused-ring (bicyclic) bond motifs is 1. The molecule has 0 aliphatic carbocycles. The fraction of sp³-hybridized carbons (Fsp3) is 0.174. The van der Waals surface area contributed by atoms with Gasteiger partial charge >= 0.3 is 0 Å². The minimum absolute atomic E-state index is 0.483. The van der Waals surface area contributed by atoms with Crippen molar-refractivity contribution in [3.05, 3.63) is 94.0 Å². The summed E-state index contributed by atoms with van der Waals surface area (Å²) in [6.07, 6.45) is 0. The van der Waals surface area contributed by atoms with Crippen LogP contribution in [0.2, 0.25) is 0 Å². The zero-order valence-corrected chi connectivity index (χ0v) is 17.3. The highest BCUT2D eigenvalue weighted by Gasteiger charge is 2.11. The lowest BCUT2D eigenvalue weighted by atomic mass is 10.2. The Hall–Kier alpha value is -2.79. The van der Waals surface area contributed by atoms with Crippen LogP contribution in [0.5, 0.6) is 5.75 Å². The van der Waals surface area contributed by atoms with Gasteiger partial charge in [-0.25, -0.2) is 0 Å². The van der Waals surface area contributed by atoms with Crippen molar-refractivity contribution >= 4 is 27.0 Å². The van der Waals surface area contributed by atoms with Gasteiger partial charge in [-0.05, 0) is 48.9 Å². The van der Waals surface area contributed by atoms with E-state index in [2.05, 4.69) is 47.1 Å². The Morgan fingerprint density at radius 2 is 1.50 bits per heavy atom. The van der Waals surface area contributed by atoms with Crippen LogP contribution in [0, 0.1) is 12.3 Å². The maximum absolute atomic E-state index is 8.74. The first-order chi connectivity index (χ1) is 13.6. The highest BCUT2D eigenvalue weighted by atomic mass is 79.9. The van der Waals surface area contributed by atoms with Crippen LogP contribution < -0.4 is 10.4 Å². The third-order valence-corrected chi connectivity index (χ3v) is 5.36. The minimum atomic E-state index is 0.483. The lowest BCUT2D eigenvalue weighted by molar-refractivity contribution is 0.296. The fourth-order valence-corrected chi connectivity index (χ4v) is 3.61. The number of nitrogens with zero attached hydrogens (tertiary/aromatic N) is 2. The normalized spacial score (nSPS) is 11.1. The van der Waals surface area contributed by atoms with Gasteiger partial charge in [-0.3, -0.25) is 5.41 Å². The number of hydrogen-bond acceptors (Lipinski definition) is 2. The largest absolute Gasteiger partial charge is 0.492 e. The Bertz CT molecular complexity index is 1140. The Morgan fingerprint density at radius 1 is 0.857 bits per heavy atom. The van der Waals surface area contributed by atoms with E-state index < -0.39 is 0 Å². The van der Waals surface area contributed by atoms with Crippen molar-refractivity contribution in [1.29, 1.82) is 5.41 Å². The first kappa shape index (κ1) is 18.6. The van der Waals surface area contributed by atoms with Crippen molar-refractivity contribution in [2.45, 2.75) is 20.0 Å². The summed E-state index contributed by atoms with van der Waals surface area (Å²) in [5.74, 6) is 0.858. The summed E-state index contributed by atoms with van der Waals surface area (Å²) < 4.78 is 11.0. The summed E-state index contributed by atoms with van der Waals surface area (Å²) in [6, 6.07) is 24.5. The van der Waals surface area contributed by atoms with Crippen molar-refractivity contribution in [2.75, 3.05) is 6.61 Å². The van der Waals surface area contributed by atoms with Gasteiger partial charge in [-0.2, -0.15) is 0 Å². The first-order valence-corrected chi connectivity index (χ1v) is 10.1. The zero-order chi connectivity index (χ0) is 19.5. The van der Waals surface area contributed by atoms with Crippen LogP contribution in [0.3, 0.4) is 0 Å². The predicted molar refractivity (Wildman–Crippen MR) is 116 cm³/mol. The van der Waals surface area contributed by atoms with Crippen molar-refractivity contribution in [1.82, 2.24) is 9.13 Å². The molecule has 0 atom stereocenters. The Kier molecular flexibility index (Phi) is 5.35. The van der Waals surface area contributed by atoms with Crippen molar-refractivity contribution in [3.63, 3.8) is 0 Å². The lowest BCUT2D eigenvalue weighted by Gasteiger charge is -2.08. The molecule has 0 unspecified atom stereocenters. The average Bonchev–Trinajstić information content (AvgIpc) is 2.97. The quantitative estimate of drug-likeness (QED) is 0.448. The van der Waals surface area contributed by atoms with Gasteiger partial charge in [0.1, 0.15) is 12.4 Å². The molecule has 0 bridgehead atoms. The van der Waals surface area contributed by atoms with Crippen molar-refractivity contribution in [2.24, 2.45) is 0 Å². The molecule has 4 nitrogen and oxygen atoms in total. The van der Waals surface area contributed by atoms with Gasteiger partial charge in [0, 0.05) is 4.47 Å². The van der Waals surface area contributed by atoms with Crippen molar-refractivity contribution in [3.8, 4) is 5.75 Å². The Labute approximate surface area is 172 Å². The van der Waals surface area contributed by atoms with Crippen LogP contribution in [0.25, 0.3) is 11.0 Å². The van der Waals surface area contributed by atoms with E-state index in [4.69, 9.17) is 10.1 Å². The number of benzene rings is 3. The van der Waals surface area contributed by atoms with Crippen LogP contribution in [0.4, 0.5) is 0 Å². The molecule has 1 N–H and O–H groups in total. The summed E-state index contributed by atoms with van der Waals surface area (Å²) in [6.45, 7) is 3.87. The molecule has 0 amide bonds. The van der Waals surface area contributed by atoms with E-state index in [1.165, 1.54) is 11.1 Å². The molecule has 0 fully saturated rings. The number of imidazole rings is 1. The third kappa shape index (κ3) is 3.90. The Balaban J connectivity index is 1.59. The van der Waals surface area contributed by atoms with E-state index in [0.29, 0.717) is 25.3 Å². The number of ether oxygens (including phenoxy) is 1. The smallest absolute Gasteiger partial charge is 0.203 e. The molecule has 1 aromatic heterocycles. The lowest BCUT2D eigenvalue weighted by Crippen LogP contribution is -2.27. The molecule has 0 aliphatic heterocycles. The highest BCUT2D eigenvalue weighted by molar-refractivity contribution is 9.10. The summed E-state index contributed by atoms with van der Waals surface area (Å²) in [5, 5.41) is 8.74. The highest BCUT2D eigenvalue weighted by Crippen LogP contribution is 2.17. The molecule has 0 saturated heterocycles. The van der Waals surface area contributed by atoms with E-state index in [1.807, 2.05) is 57.7 Å². The number of aryl methyl sites for hydroxylation is 1. The van der Waals surface area contributed by atoms with E-state index in [-0.39, 0.29) is 0 Å². The van der Waals surface area contributed by atoms with Gasteiger partial charge in [-0.1, -0.05) is 57.9 Å². The zero-order valence-electron chi connectivity index (χ0n) is 15.7. The molecule has 0 saturated carbocycles. The molecule has 5 heteroatoms. The summed E-state index contributed by atoms with van der Waals surface area (Å²) in [7, 11) is 0. The minimum Gasteiger partial charge on any atom is -0.492 e. The van der Waals surface area contributed by atoms with Gasteiger partial charge in [0.2, 0.25) is 5.62 Å². The topological polar surface area (TPSA) is 42.9 Å². The van der Waals surface area contributed by atoms with Crippen LogP contribution >= 0.6 is 15.9 Å². The number of para-hydroxylation sites is 2. The molecule has 0 spiro atoms. The maximum Gasteiger partial charge on any atom is 0.203 e. The molecule has 1 heterocycles. The molecular weight excluding hydrogens is 414 g/mol. The number of aromatic nitrogens is 2. The molecule has 3 aromatic carbocycles. The van der Waals surface area contributed by atoms with E-state index in [9.17, 15) is 0 Å². The van der Waals surface area contributed by atoms with E-state index in [1.54, 1.807) is 0 Å². The average molecular weight is 436 g/mol. The second kappa shape index (κ2) is 8.07. The standard InChI is InChI=1S/C23H22BrN3O/c1-17-6-12-20(13-7-17)28-15-14-26-21-4-2-3-5-22(21)27(23(26)25)16-18-8-10-19(24)11-9-18/h2-13,25H,14-16H2,1H3. The second-order valence-corrected chi connectivity index (χ2v) is 7.75. The van der Waals surface area contributed by atoms with Gasteiger partial charge in [0.05, 0.1) is 24.1 Å². The van der Waals surface area contributed by atoms with Gasteiger partial charge in [-0.15, -0.1) is 0 Å². The molecule has 4 rings (SSSR count). The second-order valence-electron chi connectivity index (χ2n) is 6.84. The Morgan fingerprint density at radius 3 is 2.18 bits per heavy atom. The fourth-order valence-electron chi connectivity index (χ4n) is 3.34. The van der Waals surface area contributed by atoms with Crippen molar-refractivity contribution < 1.29 is 4.74 Å². The van der Waals surface area contributed by atoms with Gasteiger partial charge in [0.15, 0.2) is 0 Å². The number of halogens is 1.